The van der Waals surface area contributed by atoms with Gasteiger partial charge in [-0.05, 0) is 41.8 Å². The molecule has 0 unspecified atom stereocenters. The van der Waals surface area contributed by atoms with Crippen molar-refractivity contribution in [2.45, 2.75) is 31.8 Å². The van der Waals surface area contributed by atoms with Crippen molar-refractivity contribution in [1.29, 1.82) is 0 Å². The molecule has 0 fully saturated rings. The second-order valence-corrected chi connectivity index (χ2v) is 8.54. The minimum atomic E-state index is -4.68. The Morgan fingerprint density at radius 3 is 2.28 bits per heavy atom. The van der Waals surface area contributed by atoms with Gasteiger partial charge in [0.15, 0.2) is 0 Å². The van der Waals surface area contributed by atoms with E-state index in [-0.39, 0.29) is 23.6 Å². The molecule has 0 amide bonds. The second kappa shape index (κ2) is 9.82. The minimum absolute atomic E-state index is 0.0472. The van der Waals surface area contributed by atoms with Gasteiger partial charge in [0.1, 0.15) is 23.7 Å². The van der Waals surface area contributed by atoms with E-state index in [0.29, 0.717) is 0 Å². The number of rotatable bonds is 8. The Bertz CT molecular complexity index is 1350. The molecular weight excluding hydrogens is 473 g/mol. The van der Waals surface area contributed by atoms with E-state index < -0.39 is 29.8 Å². The number of hydrogen-bond acceptors (Lipinski definition) is 5. The molecule has 0 radical (unpaired) electrons. The lowest BCUT2D eigenvalue weighted by Crippen LogP contribution is -2.42. The number of hydrogen-bond donors (Lipinski definition) is 2. The highest BCUT2D eigenvalue weighted by Crippen LogP contribution is 2.39. The zero-order valence-electron chi connectivity index (χ0n) is 19.2. The summed E-state index contributed by atoms with van der Waals surface area (Å²) in [6.45, 7) is 1.39. The van der Waals surface area contributed by atoms with Gasteiger partial charge in [-0.2, -0.15) is 13.2 Å². The fourth-order valence-corrected chi connectivity index (χ4v) is 3.65. The van der Waals surface area contributed by atoms with Crippen molar-refractivity contribution in [3.63, 3.8) is 0 Å². The van der Waals surface area contributed by atoms with Crippen LogP contribution < -0.4 is 10.5 Å². The molecule has 0 bridgehead atoms. The number of carboxylic acid groups (broad SMARTS) is 1. The second-order valence-electron chi connectivity index (χ2n) is 8.54. The summed E-state index contributed by atoms with van der Waals surface area (Å²) in [5.41, 5.74) is 6.61. The molecule has 36 heavy (non-hydrogen) atoms. The molecule has 1 aromatic heterocycles. The van der Waals surface area contributed by atoms with Crippen LogP contribution in [0, 0.1) is 0 Å². The summed E-state index contributed by atoms with van der Waals surface area (Å²) in [6.07, 6.45) is -3.81. The zero-order chi connectivity index (χ0) is 25.9. The molecule has 0 spiro atoms. The maximum Gasteiger partial charge on any atom is 0.419 e. The Kier molecular flexibility index (Phi) is 6.80. The Labute approximate surface area is 204 Å². The number of alkyl halides is 3. The van der Waals surface area contributed by atoms with Gasteiger partial charge >= 0.3 is 12.1 Å². The first kappa shape index (κ1) is 24.9. The van der Waals surface area contributed by atoms with Crippen LogP contribution in [0.5, 0.6) is 5.75 Å². The van der Waals surface area contributed by atoms with Gasteiger partial charge in [0, 0.05) is 5.56 Å². The van der Waals surface area contributed by atoms with Gasteiger partial charge in [0.2, 0.25) is 0 Å². The predicted octanol–water partition coefficient (Wildman–Crippen LogP) is 5.32. The molecule has 7 nitrogen and oxygen atoms in total. The summed E-state index contributed by atoms with van der Waals surface area (Å²) in [6, 6.07) is 20.7. The molecule has 3 N–H and O–H groups in total. The Balaban J connectivity index is 1.54. The first-order valence-electron chi connectivity index (χ1n) is 11.0. The van der Waals surface area contributed by atoms with E-state index >= 15 is 0 Å². The largest absolute Gasteiger partial charge is 0.488 e. The quantitative estimate of drug-likeness (QED) is 0.342. The lowest BCUT2D eigenvalue weighted by molar-refractivity contribution is -0.140. The summed E-state index contributed by atoms with van der Waals surface area (Å²) in [7, 11) is 0. The summed E-state index contributed by atoms with van der Waals surface area (Å²) in [5.74, 6) is -1.46. The molecule has 4 rings (SSSR count). The topological polar surface area (TPSA) is 103 Å². The van der Waals surface area contributed by atoms with Crippen LogP contribution in [-0.4, -0.2) is 26.1 Å². The van der Waals surface area contributed by atoms with Gasteiger partial charge in [-0.25, -0.2) is 4.68 Å². The Hall–Kier alpha value is -4.18. The predicted molar refractivity (Wildman–Crippen MR) is 127 cm³/mol. The number of aromatic nitrogens is 3. The molecule has 3 aromatic carbocycles. The van der Waals surface area contributed by atoms with E-state index in [1.54, 1.807) is 0 Å². The van der Waals surface area contributed by atoms with Crippen LogP contribution in [0.3, 0.4) is 0 Å². The lowest BCUT2D eigenvalue weighted by Gasteiger charge is -2.21. The van der Waals surface area contributed by atoms with Gasteiger partial charge in [-0.1, -0.05) is 59.8 Å². The van der Waals surface area contributed by atoms with Crippen molar-refractivity contribution in [1.82, 2.24) is 15.0 Å². The molecule has 0 saturated heterocycles. The van der Waals surface area contributed by atoms with Crippen molar-refractivity contribution < 1.29 is 27.8 Å². The van der Waals surface area contributed by atoms with Gasteiger partial charge in [-0.3, -0.25) is 4.79 Å². The number of nitrogens with two attached hydrogens (primary N) is 1. The third-order valence-electron chi connectivity index (χ3n) is 5.56. The van der Waals surface area contributed by atoms with Crippen molar-refractivity contribution in [2.24, 2.45) is 5.73 Å². The maximum absolute atomic E-state index is 13.8. The Morgan fingerprint density at radius 1 is 1.00 bits per heavy atom. The fourth-order valence-electron chi connectivity index (χ4n) is 3.65. The smallest absolute Gasteiger partial charge is 0.419 e. The number of carboxylic acids is 1. The molecule has 0 aliphatic rings. The van der Waals surface area contributed by atoms with E-state index in [1.807, 2.05) is 54.6 Å². The summed E-state index contributed by atoms with van der Waals surface area (Å²) < 4.78 is 48.2. The standard InChI is InChI=1S/C26H23F3N4O3/c1-25(30,14-24(34)35)33-15-22(31-32-33)20-11-12-23(21(13-20)26(27,28)29)36-16-17-7-9-19(10-8-17)18-5-3-2-4-6-18/h2-13,15H,14,16,30H2,1H3,(H,34,35)/t25-/m1/s1. The van der Waals surface area contributed by atoms with E-state index in [4.69, 9.17) is 15.6 Å². The third-order valence-corrected chi connectivity index (χ3v) is 5.56. The first-order chi connectivity index (χ1) is 17.0. The van der Waals surface area contributed by atoms with E-state index in [1.165, 1.54) is 25.3 Å². The van der Waals surface area contributed by atoms with Crippen LogP contribution in [0.25, 0.3) is 22.4 Å². The molecular formula is C26H23F3N4O3. The van der Waals surface area contributed by atoms with Crippen LogP contribution in [0.15, 0.2) is 79.0 Å². The minimum Gasteiger partial charge on any atom is -0.488 e. The third kappa shape index (κ3) is 5.72. The van der Waals surface area contributed by atoms with E-state index in [2.05, 4.69) is 10.3 Å². The molecule has 10 heteroatoms. The monoisotopic (exact) mass is 496 g/mol. The van der Waals surface area contributed by atoms with Crippen molar-refractivity contribution >= 4 is 5.97 Å². The van der Waals surface area contributed by atoms with Gasteiger partial charge in [0.05, 0.1) is 18.2 Å². The number of aliphatic carboxylic acids is 1. The normalized spacial score (nSPS) is 13.2. The van der Waals surface area contributed by atoms with E-state index in [9.17, 15) is 18.0 Å². The molecule has 0 aliphatic heterocycles. The molecule has 0 aliphatic carbocycles. The van der Waals surface area contributed by atoms with Crippen LogP contribution in [0.4, 0.5) is 13.2 Å². The number of carbonyl (C=O) groups is 1. The van der Waals surface area contributed by atoms with Crippen molar-refractivity contribution in [3.05, 3.63) is 90.1 Å². The average Bonchev–Trinajstić information content (AvgIpc) is 3.34. The van der Waals surface area contributed by atoms with E-state index in [0.717, 1.165) is 27.4 Å². The number of halogens is 3. The summed E-state index contributed by atoms with van der Waals surface area (Å²) in [5, 5.41) is 16.7. The van der Waals surface area contributed by atoms with Gasteiger partial charge in [0.25, 0.3) is 0 Å². The van der Waals surface area contributed by atoms with Crippen LogP contribution in [-0.2, 0) is 23.2 Å². The molecule has 0 saturated carbocycles. The number of nitrogens with zero attached hydrogens (tertiary/aromatic N) is 3. The number of ether oxygens (including phenoxy) is 1. The summed E-state index contributed by atoms with van der Waals surface area (Å²) in [4.78, 5) is 11.0. The first-order valence-corrected chi connectivity index (χ1v) is 11.0. The Morgan fingerprint density at radius 2 is 1.64 bits per heavy atom. The zero-order valence-corrected chi connectivity index (χ0v) is 19.2. The van der Waals surface area contributed by atoms with Crippen LogP contribution in [0.1, 0.15) is 24.5 Å². The maximum atomic E-state index is 13.8. The molecule has 1 atom stereocenters. The molecule has 1 heterocycles. The number of benzene rings is 3. The van der Waals surface area contributed by atoms with Gasteiger partial charge in [-0.15, -0.1) is 5.10 Å². The van der Waals surface area contributed by atoms with Gasteiger partial charge < -0.3 is 15.6 Å². The average molecular weight is 496 g/mol. The highest BCUT2D eigenvalue weighted by molar-refractivity contribution is 5.68. The summed E-state index contributed by atoms with van der Waals surface area (Å²) >= 11 is 0. The molecule has 186 valence electrons. The SMILES string of the molecule is C[C@](N)(CC(=O)O)n1cc(-c2ccc(OCc3ccc(-c4ccccc4)cc3)c(C(F)(F)F)c2)nn1. The lowest BCUT2D eigenvalue weighted by atomic mass is 10.0. The van der Waals surface area contributed by atoms with Crippen molar-refractivity contribution in [2.75, 3.05) is 0 Å². The molecule has 4 aromatic rings. The highest BCUT2D eigenvalue weighted by atomic mass is 19.4. The fraction of sp³-hybridized carbons (Fsp3) is 0.192. The van der Waals surface area contributed by atoms with Crippen LogP contribution in [0.2, 0.25) is 0 Å². The highest BCUT2D eigenvalue weighted by Gasteiger charge is 2.35. The van der Waals surface area contributed by atoms with Crippen molar-refractivity contribution in [3.8, 4) is 28.1 Å². The van der Waals surface area contributed by atoms with Crippen LogP contribution >= 0.6 is 0 Å².